The maximum absolute atomic E-state index is 12.7. The van der Waals surface area contributed by atoms with Crippen LogP contribution in [0.3, 0.4) is 0 Å². The second-order valence-corrected chi connectivity index (χ2v) is 3.68. The first kappa shape index (κ1) is 15.1. The molecular weight excluding hydrogens is 261 g/mol. The molecule has 0 spiro atoms. The number of ether oxygens (including phenoxy) is 1. The molecule has 0 radical (unpaired) electrons. The Morgan fingerprint density at radius 1 is 1.42 bits per heavy atom. The average molecular weight is 274 g/mol. The standard InChI is InChI=1S/C13H13F3O3/c1-2-19-12(18)5-3-4-9-6-7-10(17)8-11(9)13(14,15)16/h3-4,6-8,17H,2,5H2,1H3. The van der Waals surface area contributed by atoms with Crippen LogP contribution in [0.1, 0.15) is 24.5 Å². The molecule has 0 bridgehead atoms. The predicted molar refractivity (Wildman–Crippen MR) is 63.4 cm³/mol. The van der Waals surface area contributed by atoms with Crippen molar-refractivity contribution in [3.8, 4) is 5.75 Å². The fourth-order valence-electron chi connectivity index (χ4n) is 1.44. The third kappa shape index (κ3) is 4.65. The third-order valence-electron chi connectivity index (χ3n) is 2.23. The maximum Gasteiger partial charge on any atom is 0.417 e. The highest BCUT2D eigenvalue weighted by molar-refractivity contribution is 5.73. The SMILES string of the molecule is CCOC(=O)CC=Cc1ccc(O)cc1C(F)(F)F. The summed E-state index contributed by atoms with van der Waals surface area (Å²) >= 11 is 0. The summed E-state index contributed by atoms with van der Waals surface area (Å²) in [6.45, 7) is 1.86. The molecule has 0 fully saturated rings. The molecule has 0 saturated heterocycles. The van der Waals surface area contributed by atoms with E-state index in [2.05, 4.69) is 4.74 Å². The molecule has 0 aromatic heterocycles. The number of aromatic hydroxyl groups is 1. The van der Waals surface area contributed by atoms with Crippen molar-refractivity contribution in [1.82, 2.24) is 0 Å². The highest BCUT2D eigenvalue weighted by atomic mass is 19.4. The minimum Gasteiger partial charge on any atom is -0.508 e. The largest absolute Gasteiger partial charge is 0.508 e. The lowest BCUT2D eigenvalue weighted by Crippen LogP contribution is -2.07. The molecule has 0 atom stereocenters. The van der Waals surface area contributed by atoms with Gasteiger partial charge >= 0.3 is 12.1 Å². The van der Waals surface area contributed by atoms with E-state index in [0.717, 1.165) is 12.1 Å². The van der Waals surface area contributed by atoms with Gasteiger partial charge in [0.2, 0.25) is 0 Å². The zero-order valence-electron chi connectivity index (χ0n) is 10.2. The van der Waals surface area contributed by atoms with Crippen molar-refractivity contribution in [2.24, 2.45) is 0 Å². The van der Waals surface area contributed by atoms with Gasteiger partial charge in [-0.25, -0.2) is 0 Å². The number of alkyl halides is 3. The van der Waals surface area contributed by atoms with E-state index in [4.69, 9.17) is 5.11 Å². The van der Waals surface area contributed by atoms with E-state index in [9.17, 15) is 18.0 Å². The monoisotopic (exact) mass is 274 g/mol. The van der Waals surface area contributed by atoms with Crippen molar-refractivity contribution in [2.45, 2.75) is 19.5 Å². The number of rotatable bonds is 4. The van der Waals surface area contributed by atoms with Crippen molar-refractivity contribution in [3.05, 3.63) is 35.4 Å². The van der Waals surface area contributed by atoms with E-state index in [1.807, 2.05) is 0 Å². The maximum atomic E-state index is 12.7. The van der Waals surface area contributed by atoms with Gasteiger partial charge in [0.15, 0.2) is 0 Å². The Balaban J connectivity index is 2.89. The molecular formula is C13H13F3O3. The Labute approximate surface area is 108 Å². The van der Waals surface area contributed by atoms with Gasteiger partial charge in [0.25, 0.3) is 0 Å². The molecule has 3 nitrogen and oxygen atoms in total. The van der Waals surface area contributed by atoms with E-state index in [0.29, 0.717) is 6.07 Å². The van der Waals surface area contributed by atoms with Gasteiger partial charge < -0.3 is 9.84 Å². The van der Waals surface area contributed by atoms with E-state index < -0.39 is 23.5 Å². The number of phenols is 1. The minimum atomic E-state index is -4.57. The van der Waals surface area contributed by atoms with Crippen LogP contribution in [-0.4, -0.2) is 17.7 Å². The van der Waals surface area contributed by atoms with Gasteiger partial charge in [-0.05, 0) is 24.6 Å². The zero-order valence-corrected chi connectivity index (χ0v) is 10.2. The summed E-state index contributed by atoms with van der Waals surface area (Å²) in [6, 6.07) is 2.93. The Morgan fingerprint density at radius 2 is 2.11 bits per heavy atom. The molecule has 0 unspecified atom stereocenters. The zero-order chi connectivity index (χ0) is 14.5. The summed E-state index contributed by atoms with van der Waals surface area (Å²) in [6.07, 6.45) is -2.20. The van der Waals surface area contributed by atoms with Crippen LogP contribution in [0.25, 0.3) is 6.08 Å². The van der Waals surface area contributed by atoms with Gasteiger partial charge in [0, 0.05) is 0 Å². The Morgan fingerprint density at radius 3 is 2.68 bits per heavy atom. The number of halogens is 3. The van der Waals surface area contributed by atoms with Crippen LogP contribution < -0.4 is 0 Å². The van der Waals surface area contributed by atoms with Gasteiger partial charge in [0.05, 0.1) is 18.6 Å². The second-order valence-electron chi connectivity index (χ2n) is 3.68. The van der Waals surface area contributed by atoms with Crippen LogP contribution in [0, 0.1) is 0 Å². The molecule has 0 heterocycles. The van der Waals surface area contributed by atoms with E-state index in [1.54, 1.807) is 6.92 Å². The van der Waals surface area contributed by atoms with Crippen molar-refractivity contribution < 1.29 is 27.8 Å². The Bertz CT molecular complexity index is 479. The third-order valence-corrected chi connectivity index (χ3v) is 2.23. The van der Waals surface area contributed by atoms with Crippen molar-refractivity contribution in [2.75, 3.05) is 6.61 Å². The van der Waals surface area contributed by atoms with Crippen LogP contribution in [0.2, 0.25) is 0 Å². The molecule has 0 aliphatic heterocycles. The molecule has 1 N–H and O–H groups in total. The van der Waals surface area contributed by atoms with Crippen LogP contribution in [0.15, 0.2) is 24.3 Å². The molecule has 0 aliphatic rings. The number of phenolic OH excluding ortho intramolecular Hbond substituents is 1. The lowest BCUT2D eigenvalue weighted by Gasteiger charge is -2.10. The van der Waals surface area contributed by atoms with E-state index in [-0.39, 0.29) is 18.6 Å². The van der Waals surface area contributed by atoms with Crippen LogP contribution in [0.4, 0.5) is 13.2 Å². The van der Waals surface area contributed by atoms with Crippen molar-refractivity contribution >= 4 is 12.0 Å². The molecule has 1 rings (SSSR count). The fourth-order valence-corrected chi connectivity index (χ4v) is 1.44. The number of carbonyl (C=O) groups excluding carboxylic acids is 1. The Kier molecular flexibility index (Phi) is 4.97. The molecule has 19 heavy (non-hydrogen) atoms. The molecule has 0 aliphatic carbocycles. The lowest BCUT2D eigenvalue weighted by molar-refractivity contribution is -0.142. The quantitative estimate of drug-likeness (QED) is 0.856. The summed E-state index contributed by atoms with van der Waals surface area (Å²) < 4.78 is 42.7. The molecule has 104 valence electrons. The lowest BCUT2D eigenvalue weighted by atomic mass is 10.1. The number of esters is 1. The smallest absolute Gasteiger partial charge is 0.417 e. The average Bonchev–Trinajstić information content (AvgIpc) is 2.30. The highest BCUT2D eigenvalue weighted by Gasteiger charge is 2.33. The first-order chi connectivity index (χ1) is 8.84. The topological polar surface area (TPSA) is 46.5 Å². The normalized spacial score (nSPS) is 11.8. The number of hydrogen-bond donors (Lipinski definition) is 1. The summed E-state index contributed by atoms with van der Waals surface area (Å²) in [7, 11) is 0. The minimum absolute atomic E-state index is 0.105. The molecule has 6 heteroatoms. The van der Waals surface area contributed by atoms with Crippen molar-refractivity contribution in [3.63, 3.8) is 0 Å². The molecule has 1 aromatic carbocycles. The summed E-state index contributed by atoms with van der Waals surface area (Å²) in [4.78, 5) is 11.0. The van der Waals surface area contributed by atoms with Gasteiger partial charge in [0.1, 0.15) is 5.75 Å². The first-order valence-corrected chi connectivity index (χ1v) is 5.57. The second kappa shape index (κ2) is 6.26. The van der Waals surface area contributed by atoms with E-state index in [1.165, 1.54) is 12.2 Å². The first-order valence-electron chi connectivity index (χ1n) is 5.57. The fraction of sp³-hybridized carbons (Fsp3) is 0.308. The van der Waals surface area contributed by atoms with Gasteiger partial charge in [-0.1, -0.05) is 18.2 Å². The van der Waals surface area contributed by atoms with Crippen LogP contribution >= 0.6 is 0 Å². The molecule has 1 aromatic rings. The molecule has 0 amide bonds. The summed E-state index contributed by atoms with van der Waals surface area (Å²) in [5.41, 5.74) is -1.07. The summed E-state index contributed by atoms with van der Waals surface area (Å²) in [5, 5.41) is 9.09. The van der Waals surface area contributed by atoms with Gasteiger partial charge in [-0.15, -0.1) is 0 Å². The predicted octanol–water partition coefficient (Wildman–Crippen LogP) is 3.38. The van der Waals surface area contributed by atoms with Gasteiger partial charge in [-0.3, -0.25) is 4.79 Å². The number of hydrogen-bond acceptors (Lipinski definition) is 3. The van der Waals surface area contributed by atoms with Crippen molar-refractivity contribution in [1.29, 1.82) is 0 Å². The Hall–Kier alpha value is -1.98. The highest BCUT2D eigenvalue weighted by Crippen LogP contribution is 2.34. The van der Waals surface area contributed by atoms with Gasteiger partial charge in [-0.2, -0.15) is 13.2 Å². The molecule has 0 saturated carbocycles. The number of benzene rings is 1. The van der Waals surface area contributed by atoms with Crippen LogP contribution in [-0.2, 0) is 15.7 Å². The number of carbonyl (C=O) groups is 1. The van der Waals surface area contributed by atoms with E-state index >= 15 is 0 Å². The van der Waals surface area contributed by atoms with Crippen LogP contribution in [0.5, 0.6) is 5.75 Å². The summed E-state index contributed by atoms with van der Waals surface area (Å²) in [5.74, 6) is -0.971.